The Morgan fingerprint density at radius 2 is 1.60 bits per heavy atom. The fourth-order valence-corrected chi connectivity index (χ4v) is 6.04. The molecule has 2 aliphatic rings. The van der Waals surface area contributed by atoms with Crippen molar-refractivity contribution in [2.24, 2.45) is 0 Å². The molecular weight excluding hydrogens is 567 g/mol. The van der Waals surface area contributed by atoms with Gasteiger partial charge >= 0.3 is 18.4 Å². The van der Waals surface area contributed by atoms with Crippen molar-refractivity contribution >= 4 is 6.09 Å². The lowest BCUT2D eigenvalue weighted by Crippen LogP contribution is -2.31. The molecule has 42 heavy (non-hydrogen) atoms. The van der Waals surface area contributed by atoms with Crippen LogP contribution in [0.5, 0.6) is 5.75 Å². The molecule has 0 aromatic heterocycles. The Hall–Kier alpha value is -3.76. The number of ether oxygens (including phenoxy) is 2. The van der Waals surface area contributed by atoms with Gasteiger partial charge in [0, 0.05) is 11.6 Å². The molecule has 2 fully saturated rings. The zero-order valence-corrected chi connectivity index (χ0v) is 23.2. The van der Waals surface area contributed by atoms with Crippen molar-refractivity contribution in [3.05, 3.63) is 87.7 Å². The number of nitrogens with zero attached hydrogens (tertiary/aromatic N) is 1. The largest absolute Gasteiger partial charge is 0.496 e. The molecule has 0 bridgehead atoms. The van der Waals surface area contributed by atoms with Gasteiger partial charge in [0.2, 0.25) is 0 Å². The quantitative estimate of drug-likeness (QED) is 0.276. The maximum atomic E-state index is 14.8. The van der Waals surface area contributed by atoms with Crippen LogP contribution < -0.4 is 4.74 Å². The van der Waals surface area contributed by atoms with E-state index in [1.54, 1.807) is 13.8 Å². The van der Waals surface area contributed by atoms with Gasteiger partial charge in [-0.1, -0.05) is 31.5 Å². The summed E-state index contributed by atoms with van der Waals surface area (Å²) in [4.78, 5) is 14.5. The van der Waals surface area contributed by atoms with Gasteiger partial charge in [-0.15, -0.1) is 0 Å². The number of aryl methyl sites for hydroxylation is 1. The van der Waals surface area contributed by atoms with E-state index in [1.807, 2.05) is 0 Å². The first kappa shape index (κ1) is 29.7. The standard InChI is InChI=1S/C31H28F7NO3/c1-15(2)21-13-23(27(41-4)14-24(21)32)20-6-5-18(30(33,34)35)12-22(20)25-7-8-26-28(42-29(40)39(25)26)17-9-16(3)10-19(11-17)31(36,37)38/h5-6,9-15,25-26,28H,7-8H2,1-4H3/t25?,26-,28+/m0/s1. The average Bonchev–Trinajstić information content (AvgIpc) is 3.48. The second-order valence-electron chi connectivity index (χ2n) is 11.0. The first-order valence-electron chi connectivity index (χ1n) is 13.4. The number of rotatable bonds is 5. The van der Waals surface area contributed by atoms with Crippen molar-refractivity contribution in [2.75, 3.05) is 7.11 Å². The van der Waals surface area contributed by atoms with Crippen LogP contribution in [0, 0.1) is 12.7 Å². The highest BCUT2D eigenvalue weighted by Gasteiger charge is 2.51. The number of benzene rings is 3. The van der Waals surface area contributed by atoms with Gasteiger partial charge < -0.3 is 9.47 Å². The zero-order valence-electron chi connectivity index (χ0n) is 23.2. The minimum absolute atomic E-state index is 0.105. The van der Waals surface area contributed by atoms with Gasteiger partial charge in [0.05, 0.1) is 30.3 Å². The summed E-state index contributed by atoms with van der Waals surface area (Å²) in [5.74, 6) is -0.662. The fourth-order valence-electron chi connectivity index (χ4n) is 6.04. The molecule has 1 unspecified atom stereocenters. The minimum Gasteiger partial charge on any atom is -0.496 e. The van der Waals surface area contributed by atoms with Crippen molar-refractivity contribution in [2.45, 2.75) is 70.1 Å². The van der Waals surface area contributed by atoms with E-state index in [-0.39, 0.29) is 35.6 Å². The van der Waals surface area contributed by atoms with Crippen LogP contribution in [0.25, 0.3) is 11.1 Å². The SMILES string of the molecule is COc1cc(F)c(C(C)C)cc1-c1ccc(C(F)(F)F)cc1C1CC[C@H]2[C@@H](c3cc(C)cc(C(F)(F)F)c3)OC(=O)N12. The molecule has 224 valence electrons. The maximum absolute atomic E-state index is 14.8. The first-order chi connectivity index (χ1) is 19.6. The van der Waals surface area contributed by atoms with E-state index in [4.69, 9.17) is 9.47 Å². The topological polar surface area (TPSA) is 38.8 Å². The summed E-state index contributed by atoms with van der Waals surface area (Å²) in [6.07, 6.45) is -10.7. The summed E-state index contributed by atoms with van der Waals surface area (Å²) >= 11 is 0. The van der Waals surface area contributed by atoms with Gasteiger partial charge in [0.1, 0.15) is 17.7 Å². The number of halogens is 7. The van der Waals surface area contributed by atoms with Crippen molar-refractivity contribution in [3.8, 4) is 16.9 Å². The van der Waals surface area contributed by atoms with Gasteiger partial charge in [0.15, 0.2) is 0 Å². The number of hydrogen-bond acceptors (Lipinski definition) is 3. The van der Waals surface area contributed by atoms with Crippen LogP contribution in [0.3, 0.4) is 0 Å². The molecular formula is C31H28F7NO3. The second kappa shape index (κ2) is 10.5. The van der Waals surface area contributed by atoms with E-state index < -0.39 is 53.6 Å². The Balaban J connectivity index is 1.62. The molecule has 0 radical (unpaired) electrons. The van der Waals surface area contributed by atoms with Gasteiger partial charge in [0.25, 0.3) is 0 Å². The fraction of sp³-hybridized carbons (Fsp3) is 0.387. The van der Waals surface area contributed by atoms with E-state index in [2.05, 4.69) is 0 Å². The lowest BCUT2D eigenvalue weighted by Gasteiger charge is -2.26. The van der Waals surface area contributed by atoms with E-state index in [1.165, 1.54) is 43.2 Å². The number of cyclic esters (lactones) is 1. The van der Waals surface area contributed by atoms with Gasteiger partial charge in [-0.2, -0.15) is 26.3 Å². The van der Waals surface area contributed by atoms with Crippen LogP contribution in [-0.2, 0) is 17.1 Å². The average molecular weight is 596 g/mol. The van der Waals surface area contributed by atoms with Crippen LogP contribution in [0.1, 0.15) is 78.1 Å². The van der Waals surface area contributed by atoms with Crippen LogP contribution in [0.15, 0.2) is 48.5 Å². The third-order valence-electron chi connectivity index (χ3n) is 7.94. The smallest absolute Gasteiger partial charge is 0.416 e. The van der Waals surface area contributed by atoms with Crippen LogP contribution >= 0.6 is 0 Å². The number of carbonyl (C=O) groups is 1. The summed E-state index contributed by atoms with van der Waals surface area (Å²) < 4.78 is 108. The number of methoxy groups -OCH3 is 1. The highest BCUT2D eigenvalue weighted by Crippen LogP contribution is 2.51. The minimum atomic E-state index is -4.69. The number of alkyl halides is 6. The van der Waals surface area contributed by atoms with Gasteiger partial charge in [-0.3, -0.25) is 4.90 Å². The Kier molecular flexibility index (Phi) is 7.43. The summed E-state index contributed by atoms with van der Waals surface area (Å²) in [6.45, 7) is 5.06. The molecule has 1 amide bonds. The normalized spacial score (nSPS) is 20.7. The Morgan fingerprint density at radius 3 is 2.21 bits per heavy atom. The monoisotopic (exact) mass is 595 g/mol. The Bertz CT molecular complexity index is 1530. The molecule has 5 rings (SSSR count). The number of carbonyl (C=O) groups excluding carboxylic acids is 1. The van der Waals surface area contributed by atoms with Crippen molar-refractivity contribution in [3.63, 3.8) is 0 Å². The zero-order chi connectivity index (χ0) is 30.7. The summed E-state index contributed by atoms with van der Waals surface area (Å²) in [6, 6.07) is 7.74. The van der Waals surface area contributed by atoms with Crippen molar-refractivity contribution in [1.82, 2.24) is 4.90 Å². The molecule has 0 spiro atoms. The lowest BCUT2D eigenvalue weighted by molar-refractivity contribution is -0.138. The molecule has 3 atom stereocenters. The van der Waals surface area contributed by atoms with Gasteiger partial charge in [-0.25, -0.2) is 9.18 Å². The molecule has 11 heteroatoms. The van der Waals surface area contributed by atoms with Crippen molar-refractivity contribution < 1.29 is 45.0 Å². The molecule has 0 aliphatic carbocycles. The third-order valence-corrected chi connectivity index (χ3v) is 7.94. The predicted octanol–water partition coefficient (Wildman–Crippen LogP) is 9.37. The number of amides is 1. The summed E-state index contributed by atoms with van der Waals surface area (Å²) in [7, 11) is 1.32. The molecule has 2 heterocycles. The molecule has 3 aromatic carbocycles. The maximum Gasteiger partial charge on any atom is 0.416 e. The second-order valence-corrected chi connectivity index (χ2v) is 11.0. The number of hydrogen-bond donors (Lipinski definition) is 0. The van der Waals surface area contributed by atoms with E-state index in [0.717, 1.165) is 24.3 Å². The van der Waals surface area contributed by atoms with E-state index >= 15 is 0 Å². The molecule has 0 N–H and O–H groups in total. The van der Waals surface area contributed by atoms with Crippen LogP contribution in [-0.4, -0.2) is 24.1 Å². The Morgan fingerprint density at radius 1 is 0.905 bits per heavy atom. The van der Waals surface area contributed by atoms with Crippen LogP contribution in [0.2, 0.25) is 0 Å². The molecule has 0 saturated carbocycles. The third kappa shape index (κ3) is 5.29. The van der Waals surface area contributed by atoms with Crippen LogP contribution in [0.4, 0.5) is 35.5 Å². The lowest BCUT2D eigenvalue weighted by atomic mass is 9.89. The summed E-state index contributed by atoms with van der Waals surface area (Å²) in [5, 5.41) is 0. The predicted molar refractivity (Wildman–Crippen MR) is 140 cm³/mol. The highest BCUT2D eigenvalue weighted by atomic mass is 19.4. The first-order valence-corrected chi connectivity index (χ1v) is 13.4. The molecule has 3 aromatic rings. The highest BCUT2D eigenvalue weighted by molar-refractivity contribution is 5.78. The molecule has 2 saturated heterocycles. The molecule has 4 nitrogen and oxygen atoms in total. The molecule has 2 aliphatic heterocycles. The Labute approximate surface area is 238 Å². The van der Waals surface area contributed by atoms with Crippen molar-refractivity contribution in [1.29, 1.82) is 0 Å². The van der Waals surface area contributed by atoms with Gasteiger partial charge in [-0.05, 0) is 78.3 Å². The number of fused-ring (bicyclic) bond motifs is 1. The van der Waals surface area contributed by atoms with E-state index in [9.17, 15) is 35.5 Å². The van der Waals surface area contributed by atoms with E-state index in [0.29, 0.717) is 22.3 Å². The summed E-state index contributed by atoms with van der Waals surface area (Å²) in [5.41, 5.74) is -0.168.